The van der Waals surface area contributed by atoms with Crippen LogP contribution in [0, 0.1) is 5.92 Å². The molecule has 2 rings (SSSR count). The van der Waals surface area contributed by atoms with Gasteiger partial charge in [-0.05, 0) is 42.7 Å². The Labute approximate surface area is 122 Å². The van der Waals surface area contributed by atoms with Gasteiger partial charge >= 0.3 is 11.5 Å². The Morgan fingerprint density at radius 2 is 1.90 bits per heavy atom. The molecule has 1 aromatic carbocycles. The average molecular weight is 319 g/mol. The van der Waals surface area contributed by atoms with Gasteiger partial charge in [0.15, 0.2) is 0 Å². The Bertz CT molecular complexity index is 558. The number of benzene rings is 1. The number of aliphatic carboxylic acids is 1. The van der Waals surface area contributed by atoms with Crippen LogP contribution in [0.5, 0.6) is 0 Å². The maximum Gasteiger partial charge on any atom is 0.446 e. The Morgan fingerprint density at radius 1 is 1.29 bits per heavy atom. The first-order valence-electron chi connectivity index (χ1n) is 6.16. The minimum Gasteiger partial charge on any atom is -0.480 e. The van der Waals surface area contributed by atoms with Crippen molar-refractivity contribution in [2.75, 3.05) is 0 Å². The smallest absolute Gasteiger partial charge is 0.446 e. The number of hydrogen-bond donors (Lipinski definition) is 2. The van der Waals surface area contributed by atoms with Gasteiger partial charge in [-0.2, -0.15) is 13.2 Å². The molecule has 1 amide bonds. The molecule has 1 atom stereocenters. The molecule has 4 nitrogen and oxygen atoms in total. The molecule has 0 spiro atoms. The number of alkyl halides is 3. The number of hydrogen-bond acceptors (Lipinski definition) is 3. The number of halogens is 3. The molecule has 114 valence electrons. The molecule has 0 radical (unpaired) electrons. The SMILES string of the molecule is O=C(NC(C(=O)O)C1CC1)c1ccccc1SC(F)(F)F. The van der Waals surface area contributed by atoms with Crippen molar-refractivity contribution in [3.8, 4) is 0 Å². The Morgan fingerprint density at radius 3 is 2.43 bits per heavy atom. The Hall–Kier alpha value is -1.70. The summed E-state index contributed by atoms with van der Waals surface area (Å²) in [6.07, 6.45) is 1.38. The van der Waals surface area contributed by atoms with E-state index in [-0.39, 0.29) is 16.4 Å². The topological polar surface area (TPSA) is 66.4 Å². The van der Waals surface area contributed by atoms with Gasteiger partial charge in [-0.3, -0.25) is 4.79 Å². The summed E-state index contributed by atoms with van der Waals surface area (Å²) in [5.74, 6) is -2.12. The van der Waals surface area contributed by atoms with E-state index < -0.39 is 35.2 Å². The van der Waals surface area contributed by atoms with Crippen molar-refractivity contribution in [2.45, 2.75) is 29.3 Å². The fraction of sp³-hybridized carbons (Fsp3) is 0.385. The lowest BCUT2D eigenvalue weighted by atomic mass is 10.1. The normalized spacial score (nSPS) is 16.3. The fourth-order valence-electron chi connectivity index (χ4n) is 1.90. The third-order valence-corrected chi connectivity index (χ3v) is 3.81. The minimum atomic E-state index is -4.51. The van der Waals surface area contributed by atoms with E-state index in [0.717, 1.165) is 0 Å². The number of carbonyl (C=O) groups is 2. The second kappa shape index (κ2) is 5.97. The number of nitrogens with one attached hydrogen (secondary N) is 1. The minimum absolute atomic E-state index is 0.145. The van der Waals surface area contributed by atoms with E-state index >= 15 is 0 Å². The maximum absolute atomic E-state index is 12.5. The molecule has 0 heterocycles. The van der Waals surface area contributed by atoms with E-state index in [2.05, 4.69) is 5.32 Å². The zero-order valence-corrected chi connectivity index (χ0v) is 11.5. The van der Waals surface area contributed by atoms with Gasteiger partial charge in [-0.25, -0.2) is 4.79 Å². The molecule has 1 aliphatic carbocycles. The molecule has 8 heteroatoms. The van der Waals surface area contributed by atoms with Gasteiger partial charge in [-0.1, -0.05) is 12.1 Å². The van der Waals surface area contributed by atoms with Crippen LogP contribution in [0.4, 0.5) is 13.2 Å². The van der Waals surface area contributed by atoms with Gasteiger partial charge in [0.25, 0.3) is 5.91 Å². The highest BCUT2D eigenvalue weighted by Gasteiger charge is 2.38. The van der Waals surface area contributed by atoms with Crippen molar-refractivity contribution < 1.29 is 27.9 Å². The van der Waals surface area contributed by atoms with Crippen molar-refractivity contribution in [2.24, 2.45) is 5.92 Å². The molecule has 0 aromatic heterocycles. The first-order valence-corrected chi connectivity index (χ1v) is 6.98. The number of carboxylic acids is 1. The van der Waals surface area contributed by atoms with Crippen molar-refractivity contribution in [1.29, 1.82) is 0 Å². The maximum atomic E-state index is 12.5. The average Bonchev–Trinajstić information content (AvgIpc) is 3.18. The molecule has 2 N–H and O–H groups in total. The summed E-state index contributed by atoms with van der Waals surface area (Å²) < 4.78 is 37.4. The third kappa shape index (κ3) is 4.38. The zero-order valence-electron chi connectivity index (χ0n) is 10.7. The lowest BCUT2D eigenvalue weighted by molar-refractivity contribution is -0.139. The summed E-state index contributed by atoms with van der Waals surface area (Å²) in [5, 5.41) is 11.3. The molecule has 1 aliphatic rings. The molecule has 21 heavy (non-hydrogen) atoms. The van der Waals surface area contributed by atoms with E-state index in [1.807, 2.05) is 0 Å². The molecule has 1 fully saturated rings. The lowest BCUT2D eigenvalue weighted by Crippen LogP contribution is -2.42. The summed E-state index contributed by atoms with van der Waals surface area (Å²) in [6, 6.07) is 4.19. The molecule has 1 saturated carbocycles. The predicted octanol–water partition coefficient (Wildman–Crippen LogP) is 2.89. The first-order chi connectivity index (χ1) is 9.78. The molecule has 1 unspecified atom stereocenters. The zero-order chi connectivity index (χ0) is 15.6. The van der Waals surface area contributed by atoms with E-state index in [4.69, 9.17) is 5.11 Å². The van der Waals surface area contributed by atoms with Crippen molar-refractivity contribution in [3.05, 3.63) is 29.8 Å². The van der Waals surface area contributed by atoms with Crippen molar-refractivity contribution in [1.82, 2.24) is 5.32 Å². The molecule has 0 bridgehead atoms. The number of amides is 1. The highest BCUT2D eigenvalue weighted by Crippen LogP contribution is 2.38. The van der Waals surface area contributed by atoms with Crippen LogP contribution < -0.4 is 5.32 Å². The van der Waals surface area contributed by atoms with E-state index in [9.17, 15) is 22.8 Å². The lowest BCUT2D eigenvalue weighted by Gasteiger charge is -2.15. The highest BCUT2D eigenvalue weighted by atomic mass is 32.2. The summed E-state index contributed by atoms with van der Waals surface area (Å²) in [4.78, 5) is 22.9. The van der Waals surface area contributed by atoms with Gasteiger partial charge in [0.1, 0.15) is 6.04 Å². The van der Waals surface area contributed by atoms with Crippen LogP contribution >= 0.6 is 11.8 Å². The summed E-state index contributed by atoms with van der Waals surface area (Å²) in [6.45, 7) is 0. The largest absolute Gasteiger partial charge is 0.480 e. The predicted molar refractivity (Wildman–Crippen MR) is 70.0 cm³/mol. The number of rotatable bonds is 5. The fourth-order valence-corrected chi connectivity index (χ4v) is 2.56. The highest BCUT2D eigenvalue weighted by molar-refractivity contribution is 8.00. The molecule has 0 saturated heterocycles. The van der Waals surface area contributed by atoms with Gasteiger partial charge in [0.05, 0.1) is 5.56 Å². The number of carboxylic acid groups (broad SMARTS) is 1. The van der Waals surface area contributed by atoms with Crippen molar-refractivity contribution >= 4 is 23.6 Å². The number of carbonyl (C=O) groups excluding carboxylic acids is 1. The second-order valence-corrected chi connectivity index (χ2v) is 5.78. The van der Waals surface area contributed by atoms with Gasteiger partial charge in [-0.15, -0.1) is 0 Å². The summed E-state index contributed by atoms with van der Waals surface area (Å²) >= 11 is -0.393. The molecule has 0 aliphatic heterocycles. The van der Waals surface area contributed by atoms with Crippen LogP contribution in [0.1, 0.15) is 23.2 Å². The second-order valence-electron chi connectivity index (χ2n) is 4.67. The number of thioether (sulfide) groups is 1. The van der Waals surface area contributed by atoms with Gasteiger partial charge in [0, 0.05) is 4.90 Å². The first kappa shape index (κ1) is 15.7. The van der Waals surface area contributed by atoms with Crippen LogP contribution in [0.3, 0.4) is 0 Å². The standard InChI is InChI=1S/C13H12F3NO3S/c14-13(15,16)21-9-4-2-1-3-8(9)11(18)17-10(12(19)20)7-5-6-7/h1-4,7,10H,5-6H2,(H,17,18)(H,19,20). The summed E-state index contributed by atoms with van der Waals surface area (Å²) in [7, 11) is 0. The summed E-state index contributed by atoms with van der Waals surface area (Å²) in [5.41, 5.74) is -4.69. The molecule has 1 aromatic rings. The van der Waals surface area contributed by atoms with Gasteiger partial charge in [0.2, 0.25) is 0 Å². The van der Waals surface area contributed by atoms with Gasteiger partial charge < -0.3 is 10.4 Å². The third-order valence-electron chi connectivity index (χ3n) is 3.00. The monoisotopic (exact) mass is 319 g/mol. The quantitative estimate of drug-likeness (QED) is 0.819. The van der Waals surface area contributed by atoms with E-state index in [0.29, 0.717) is 12.8 Å². The molecular weight excluding hydrogens is 307 g/mol. The van der Waals surface area contributed by atoms with E-state index in [1.165, 1.54) is 24.3 Å². The molecular formula is C13H12F3NO3S. The Kier molecular flexibility index (Phi) is 4.46. The van der Waals surface area contributed by atoms with Crippen molar-refractivity contribution in [3.63, 3.8) is 0 Å². The Balaban J connectivity index is 2.17. The van der Waals surface area contributed by atoms with Crippen LogP contribution in [-0.4, -0.2) is 28.5 Å². The van der Waals surface area contributed by atoms with Crippen LogP contribution in [0.15, 0.2) is 29.2 Å². The van der Waals surface area contributed by atoms with Crippen LogP contribution in [0.25, 0.3) is 0 Å². The van der Waals surface area contributed by atoms with E-state index in [1.54, 1.807) is 0 Å². The van der Waals surface area contributed by atoms with Crippen LogP contribution in [0.2, 0.25) is 0 Å². The van der Waals surface area contributed by atoms with Crippen LogP contribution in [-0.2, 0) is 4.79 Å².